The molecule has 0 aliphatic rings. The zero-order valence-corrected chi connectivity index (χ0v) is 12.1. The maximum atomic E-state index is 4.72. The minimum Gasteiger partial charge on any atom is -0.370 e. The number of nitrogens with one attached hydrogen (secondary N) is 1. The fourth-order valence-corrected chi connectivity index (χ4v) is 2.58. The number of rotatable bonds is 5. The van der Waals surface area contributed by atoms with Gasteiger partial charge in [0.05, 0.1) is 5.52 Å². The van der Waals surface area contributed by atoms with Crippen molar-refractivity contribution in [1.82, 2.24) is 4.98 Å². The molecule has 3 heteroatoms. The van der Waals surface area contributed by atoms with E-state index < -0.39 is 0 Å². The smallest absolute Gasteiger partial charge is 0.130 e. The number of hydrogen-bond donors (Lipinski definition) is 1. The molecule has 2 nitrogen and oxygen atoms in total. The fourth-order valence-electron chi connectivity index (χ4n) is 1.85. The summed E-state index contributed by atoms with van der Waals surface area (Å²) in [4.78, 5) is 4.72. The van der Waals surface area contributed by atoms with Crippen molar-refractivity contribution in [3.05, 3.63) is 35.9 Å². The van der Waals surface area contributed by atoms with Crippen LogP contribution in [0.4, 0.5) is 5.82 Å². The number of thioether (sulfide) groups is 1. The van der Waals surface area contributed by atoms with Crippen LogP contribution in [-0.4, -0.2) is 16.8 Å². The third kappa shape index (κ3) is 3.16. The summed E-state index contributed by atoms with van der Waals surface area (Å²) in [5.41, 5.74) is 2.36. The molecule has 0 amide bonds. The van der Waals surface area contributed by atoms with Crippen molar-refractivity contribution in [3.63, 3.8) is 0 Å². The summed E-state index contributed by atoms with van der Waals surface area (Å²) in [5, 5.41) is 5.23. The lowest BCUT2D eigenvalue weighted by Crippen LogP contribution is -2.04. The van der Waals surface area contributed by atoms with Crippen LogP contribution in [0, 0.1) is 0 Å². The molecule has 0 saturated heterocycles. The van der Waals surface area contributed by atoms with Crippen LogP contribution in [0.2, 0.25) is 0 Å². The number of para-hydroxylation sites is 1. The second-order valence-corrected chi connectivity index (χ2v) is 6.14. The normalized spacial score (nSPS) is 11.1. The average molecular weight is 260 g/mol. The topological polar surface area (TPSA) is 24.9 Å². The Hall–Kier alpha value is -1.22. The number of hydrogen-bond acceptors (Lipinski definition) is 3. The summed E-state index contributed by atoms with van der Waals surface area (Å²) in [7, 11) is 0. The van der Waals surface area contributed by atoms with Gasteiger partial charge in [0.15, 0.2) is 0 Å². The van der Waals surface area contributed by atoms with Gasteiger partial charge >= 0.3 is 0 Å². The molecule has 0 aliphatic carbocycles. The first-order valence-electron chi connectivity index (χ1n) is 6.45. The molecule has 0 atom stereocenters. The van der Waals surface area contributed by atoms with Crippen LogP contribution in [0.15, 0.2) is 30.3 Å². The van der Waals surface area contributed by atoms with Gasteiger partial charge in [0, 0.05) is 23.2 Å². The molecule has 0 aliphatic heterocycles. The summed E-state index contributed by atoms with van der Waals surface area (Å²) < 4.78 is 0. The predicted molar refractivity (Wildman–Crippen MR) is 82.3 cm³/mol. The molecule has 2 aromatic rings. The zero-order valence-electron chi connectivity index (χ0n) is 11.2. The first-order chi connectivity index (χ1) is 8.70. The van der Waals surface area contributed by atoms with Crippen LogP contribution in [0.5, 0.6) is 0 Å². The molecule has 18 heavy (non-hydrogen) atoms. The minimum absolute atomic E-state index is 0.644. The maximum Gasteiger partial charge on any atom is 0.130 e. The maximum absolute atomic E-state index is 4.72. The Bertz CT molecular complexity index is 523. The Morgan fingerprint density at radius 2 is 2.06 bits per heavy atom. The number of anilines is 1. The summed E-state index contributed by atoms with van der Waals surface area (Å²) in [6.45, 7) is 7.47. The second kappa shape index (κ2) is 6.10. The van der Waals surface area contributed by atoms with E-state index in [4.69, 9.17) is 4.98 Å². The van der Waals surface area contributed by atoms with Crippen LogP contribution in [-0.2, 0) is 5.75 Å². The SMILES string of the molecule is CCNc1nc2ccccc2cc1CSC(C)C. The summed E-state index contributed by atoms with van der Waals surface area (Å²) >= 11 is 1.95. The standard InChI is InChI=1S/C15H20N2S/c1-4-16-15-13(10-18-11(2)3)9-12-7-5-6-8-14(12)17-15/h5-9,11H,4,10H2,1-3H3,(H,16,17). The van der Waals surface area contributed by atoms with E-state index in [-0.39, 0.29) is 0 Å². The van der Waals surface area contributed by atoms with E-state index in [0.717, 1.165) is 23.6 Å². The van der Waals surface area contributed by atoms with Crippen LogP contribution < -0.4 is 5.32 Å². The molecule has 0 bridgehead atoms. The van der Waals surface area contributed by atoms with E-state index in [1.807, 2.05) is 17.8 Å². The molecule has 1 heterocycles. The van der Waals surface area contributed by atoms with E-state index >= 15 is 0 Å². The molecule has 0 radical (unpaired) electrons. The molecule has 0 saturated carbocycles. The van der Waals surface area contributed by atoms with E-state index in [1.54, 1.807) is 0 Å². The lowest BCUT2D eigenvalue weighted by molar-refractivity contribution is 1.10. The fraction of sp³-hybridized carbons (Fsp3) is 0.400. The van der Waals surface area contributed by atoms with Gasteiger partial charge in [-0.15, -0.1) is 0 Å². The Labute approximate surface area is 113 Å². The Morgan fingerprint density at radius 3 is 2.78 bits per heavy atom. The largest absolute Gasteiger partial charge is 0.370 e. The summed E-state index contributed by atoms with van der Waals surface area (Å²) in [6.07, 6.45) is 0. The molecule has 0 fully saturated rings. The van der Waals surface area contributed by atoms with Gasteiger partial charge in [-0.3, -0.25) is 0 Å². The Balaban J connectivity index is 2.37. The van der Waals surface area contributed by atoms with Crippen LogP contribution in [0.3, 0.4) is 0 Å². The van der Waals surface area contributed by atoms with Gasteiger partial charge in [-0.2, -0.15) is 11.8 Å². The van der Waals surface area contributed by atoms with Crippen molar-refractivity contribution < 1.29 is 0 Å². The average Bonchev–Trinajstić information content (AvgIpc) is 2.36. The molecule has 1 aromatic heterocycles. The summed E-state index contributed by atoms with van der Waals surface area (Å²) in [6, 6.07) is 10.6. The van der Waals surface area contributed by atoms with Gasteiger partial charge in [0.2, 0.25) is 0 Å². The third-order valence-corrected chi connectivity index (χ3v) is 3.86. The molecular formula is C15H20N2S. The first-order valence-corrected chi connectivity index (χ1v) is 7.49. The number of pyridine rings is 1. The van der Waals surface area contributed by atoms with Crippen molar-refractivity contribution in [1.29, 1.82) is 0 Å². The molecule has 1 aromatic carbocycles. The number of benzene rings is 1. The number of nitrogens with zero attached hydrogens (tertiary/aromatic N) is 1. The summed E-state index contributed by atoms with van der Waals surface area (Å²) in [5.74, 6) is 2.04. The quantitative estimate of drug-likeness (QED) is 0.867. The van der Waals surface area contributed by atoms with Gasteiger partial charge in [-0.25, -0.2) is 4.98 Å². The predicted octanol–water partition coefficient (Wildman–Crippen LogP) is 4.31. The molecule has 2 rings (SSSR count). The van der Waals surface area contributed by atoms with E-state index in [0.29, 0.717) is 5.25 Å². The Morgan fingerprint density at radius 1 is 1.28 bits per heavy atom. The number of fused-ring (bicyclic) bond motifs is 1. The van der Waals surface area contributed by atoms with E-state index in [1.165, 1.54) is 10.9 Å². The molecule has 0 spiro atoms. The van der Waals surface area contributed by atoms with Crippen molar-refractivity contribution >= 4 is 28.5 Å². The molecule has 0 unspecified atom stereocenters. The number of aromatic nitrogens is 1. The highest BCUT2D eigenvalue weighted by molar-refractivity contribution is 7.99. The van der Waals surface area contributed by atoms with Gasteiger partial charge < -0.3 is 5.32 Å². The lowest BCUT2D eigenvalue weighted by Gasteiger charge is -2.12. The van der Waals surface area contributed by atoms with Gasteiger partial charge in [0.1, 0.15) is 5.82 Å². The van der Waals surface area contributed by atoms with Gasteiger partial charge in [0.25, 0.3) is 0 Å². The monoisotopic (exact) mass is 260 g/mol. The molecular weight excluding hydrogens is 240 g/mol. The highest BCUT2D eigenvalue weighted by atomic mass is 32.2. The van der Waals surface area contributed by atoms with E-state index in [2.05, 4.69) is 50.4 Å². The Kier molecular flexibility index (Phi) is 4.48. The highest BCUT2D eigenvalue weighted by Gasteiger charge is 2.07. The van der Waals surface area contributed by atoms with E-state index in [9.17, 15) is 0 Å². The van der Waals surface area contributed by atoms with Crippen molar-refractivity contribution in [2.24, 2.45) is 0 Å². The van der Waals surface area contributed by atoms with Crippen LogP contribution in [0.25, 0.3) is 10.9 Å². The van der Waals surface area contributed by atoms with Crippen molar-refractivity contribution in [2.45, 2.75) is 31.8 Å². The molecule has 1 N–H and O–H groups in total. The van der Waals surface area contributed by atoms with Crippen LogP contribution in [0.1, 0.15) is 26.3 Å². The lowest BCUT2D eigenvalue weighted by atomic mass is 10.1. The minimum atomic E-state index is 0.644. The molecule has 96 valence electrons. The van der Waals surface area contributed by atoms with Crippen molar-refractivity contribution in [2.75, 3.05) is 11.9 Å². The van der Waals surface area contributed by atoms with Gasteiger partial charge in [-0.05, 0) is 24.3 Å². The van der Waals surface area contributed by atoms with Crippen molar-refractivity contribution in [3.8, 4) is 0 Å². The highest BCUT2D eigenvalue weighted by Crippen LogP contribution is 2.25. The zero-order chi connectivity index (χ0) is 13.0. The second-order valence-electron chi connectivity index (χ2n) is 4.58. The third-order valence-electron chi connectivity index (χ3n) is 2.72. The van der Waals surface area contributed by atoms with Gasteiger partial charge in [-0.1, -0.05) is 32.0 Å². The first kappa shape index (κ1) is 13.2. The van der Waals surface area contributed by atoms with Crippen LogP contribution >= 0.6 is 11.8 Å².